The number of hydrogen-bond acceptors (Lipinski definition) is 3. The van der Waals surface area contributed by atoms with Gasteiger partial charge in [-0.1, -0.05) is 11.6 Å². The highest BCUT2D eigenvalue weighted by Gasteiger charge is 2.12. The molecule has 3 rings (SSSR count). The molecule has 0 fully saturated rings. The highest BCUT2D eigenvalue weighted by molar-refractivity contribution is 6.30. The molecule has 0 spiro atoms. The van der Waals surface area contributed by atoms with Crippen LogP contribution in [0.4, 0.5) is 5.69 Å². The molecule has 1 amide bonds. The number of halogens is 1. The van der Waals surface area contributed by atoms with E-state index in [0.717, 1.165) is 10.1 Å². The van der Waals surface area contributed by atoms with Crippen molar-refractivity contribution in [1.29, 1.82) is 0 Å². The van der Waals surface area contributed by atoms with Crippen molar-refractivity contribution in [3.05, 3.63) is 73.4 Å². The number of rotatable bonds is 3. The van der Waals surface area contributed by atoms with Gasteiger partial charge >= 0.3 is 5.69 Å². The molecule has 0 saturated heterocycles. The third-order valence-electron chi connectivity index (χ3n) is 4.00. The Hall–Kier alpha value is -2.86. The van der Waals surface area contributed by atoms with Crippen LogP contribution in [-0.2, 0) is 6.54 Å². The molecule has 0 radical (unpaired) electrons. The zero-order valence-corrected chi connectivity index (χ0v) is 14.5. The number of nitrogens with zero attached hydrogens (tertiary/aromatic N) is 1. The summed E-state index contributed by atoms with van der Waals surface area (Å²) in [5, 5.41) is 3.75. The predicted molar refractivity (Wildman–Crippen MR) is 98.6 cm³/mol. The number of aryl methyl sites for hydroxylation is 1. The summed E-state index contributed by atoms with van der Waals surface area (Å²) >= 11 is 5.91. The van der Waals surface area contributed by atoms with Crippen molar-refractivity contribution in [1.82, 2.24) is 9.55 Å². The maximum atomic E-state index is 12.5. The minimum atomic E-state index is -0.494. The molecule has 0 atom stereocenters. The number of carbonyl (C=O) groups is 1. The summed E-state index contributed by atoms with van der Waals surface area (Å²) in [6, 6.07) is 9.76. The highest BCUT2D eigenvalue weighted by Crippen LogP contribution is 2.20. The Balaban J connectivity index is 2.00. The van der Waals surface area contributed by atoms with Crippen LogP contribution in [0.2, 0.25) is 5.02 Å². The molecule has 6 nitrogen and oxygen atoms in total. The van der Waals surface area contributed by atoms with E-state index in [-0.39, 0.29) is 18.0 Å². The molecule has 1 aromatic heterocycles. The third-order valence-corrected chi connectivity index (χ3v) is 4.23. The van der Waals surface area contributed by atoms with Gasteiger partial charge < -0.3 is 10.3 Å². The minimum Gasteiger partial charge on any atom is -0.322 e. The molecule has 0 aliphatic rings. The van der Waals surface area contributed by atoms with Gasteiger partial charge in [0.25, 0.3) is 11.5 Å². The van der Waals surface area contributed by atoms with E-state index >= 15 is 0 Å². The number of carbonyl (C=O) groups excluding carboxylic acids is 1. The Morgan fingerprint density at radius 2 is 1.96 bits per heavy atom. The number of hydrogen-bond donors (Lipinski definition) is 2. The lowest BCUT2D eigenvalue weighted by Crippen LogP contribution is -2.34. The van der Waals surface area contributed by atoms with Crippen molar-refractivity contribution in [3.8, 4) is 0 Å². The standard InChI is InChI=1S/C18H16ClN3O3/c1-3-22-17(24)13-6-4-11(9-15(13)21-18(22)25)16(23)20-14-7-5-12(19)8-10(14)2/h4-9H,3H2,1-2H3,(H,20,23)(H,21,25). The summed E-state index contributed by atoms with van der Waals surface area (Å²) in [6.45, 7) is 3.84. The highest BCUT2D eigenvalue weighted by atomic mass is 35.5. The number of amides is 1. The summed E-state index contributed by atoms with van der Waals surface area (Å²) in [5.41, 5.74) is 1.28. The maximum Gasteiger partial charge on any atom is 0.328 e. The van der Waals surface area contributed by atoms with Crippen molar-refractivity contribution in [3.63, 3.8) is 0 Å². The quantitative estimate of drug-likeness (QED) is 0.755. The Morgan fingerprint density at radius 3 is 2.64 bits per heavy atom. The normalized spacial score (nSPS) is 10.8. The van der Waals surface area contributed by atoms with Gasteiger partial charge in [-0.2, -0.15) is 0 Å². The predicted octanol–water partition coefficient (Wildman–Crippen LogP) is 2.92. The molecule has 3 aromatic rings. The molecule has 0 bridgehead atoms. The maximum absolute atomic E-state index is 12.5. The number of aromatic amines is 1. The molecule has 2 N–H and O–H groups in total. The first-order valence-corrected chi connectivity index (χ1v) is 8.13. The van der Waals surface area contributed by atoms with Crippen LogP contribution in [0.3, 0.4) is 0 Å². The third kappa shape index (κ3) is 3.21. The van der Waals surface area contributed by atoms with Gasteiger partial charge in [0.2, 0.25) is 0 Å². The van der Waals surface area contributed by atoms with Gasteiger partial charge in [0.05, 0.1) is 10.9 Å². The Labute approximate surface area is 148 Å². The molecule has 0 aliphatic carbocycles. The number of benzene rings is 2. The van der Waals surface area contributed by atoms with Crippen LogP contribution in [0.25, 0.3) is 10.9 Å². The first-order valence-electron chi connectivity index (χ1n) is 7.75. The van der Waals surface area contributed by atoms with E-state index in [4.69, 9.17) is 11.6 Å². The summed E-state index contributed by atoms with van der Waals surface area (Å²) < 4.78 is 1.11. The second-order valence-corrected chi connectivity index (χ2v) is 6.09. The SMILES string of the molecule is CCn1c(=O)[nH]c2cc(C(=O)Nc3ccc(Cl)cc3C)ccc2c1=O. The van der Waals surface area contributed by atoms with Crippen molar-refractivity contribution < 1.29 is 4.79 Å². The fourth-order valence-electron chi connectivity index (χ4n) is 2.64. The van der Waals surface area contributed by atoms with E-state index in [9.17, 15) is 14.4 Å². The van der Waals surface area contributed by atoms with Gasteiger partial charge in [-0.25, -0.2) is 4.79 Å². The topological polar surface area (TPSA) is 84.0 Å². The van der Waals surface area contributed by atoms with E-state index in [2.05, 4.69) is 10.3 Å². The van der Waals surface area contributed by atoms with Crippen LogP contribution in [-0.4, -0.2) is 15.5 Å². The number of anilines is 1. The second kappa shape index (κ2) is 6.57. The monoisotopic (exact) mass is 357 g/mol. The fourth-order valence-corrected chi connectivity index (χ4v) is 2.87. The zero-order chi connectivity index (χ0) is 18.1. The lowest BCUT2D eigenvalue weighted by atomic mass is 10.1. The van der Waals surface area contributed by atoms with E-state index in [1.165, 1.54) is 6.07 Å². The number of nitrogens with one attached hydrogen (secondary N) is 2. The van der Waals surface area contributed by atoms with Gasteiger partial charge in [-0.3, -0.25) is 14.2 Å². The fraction of sp³-hybridized carbons (Fsp3) is 0.167. The van der Waals surface area contributed by atoms with E-state index in [1.54, 1.807) is 37.3 Å². The molecular weight excluding hydrogens is 342 g/mol. The van der Waals surface area contributed by atoms with E-state index in [1.807, 2.05) is 6.92 Å². The largest absolute Gasteiger partial charge is 0.328 e. The van der Waals surface area contributed by atoms with Crippen molar-refractivity contribution in [2.45, 2.75) is 20.4 Å². The molecule has 0 saturated carbocycles. The van der Waals surface area contributed by atoms with E-state index in [0.29, 0.717) is 27.2 Å². The van der Waals surface area contributed by atoms with Gasteiger partial charge in [0.1, 0.15) is 0 Å². The molecule has 128 valence electrons. The molecule has 0 unspecified atom stereocenters. The molecule has 0 aliphatic heterocycles. The van der Waals surface area contributed by atoms with Crippen molar-refractivity contribution in [2.24, 2.45) is 0 Å². The molecular formula is C18H16ClN3O3. The van der Waals surface area contributed by atoms with Crippen LogP contribution in [0.15, 0.2) is 46.0 Å². The smallest absolute Gasteiger partial charge is 0.322 e. The first-order chi connectivity index (χ1) is 11.9. The summed E-state index contributed by atoms with van der Waals surface area (Å²) in [6.07, 6.45) is 0. The van der Waals surface area contributed by atoms with Crippen LogP contribution >= 0.6 is 11.6 Å². The molecule has 2 aromatic carbocycles. The van der Waals surface area contributed by atoms with Crippen molar-refractivity contribution in [2.75, 3.05) is 5.32 Å². The van der Waals surface area contributed by atoms with Gasteiger partial charge in [0.15, 0.2) is 0 Å². The summed E-state index contributed by atoms with van der Waals surface area (Å²) in [5.74, 6) is -0.340. The number of H-pyrrole nitrogens is 1. The summed E-state index contributed by atoms with van der Waals surface area (Å²) in [7, 11) is 0. The Kier molecular flexibility index (Phi) is 4.46. The van der Waals surface area contributed by atoms with Gasteiger partial charge in [-0.15, -0.1) is 0 Å². The van der Waals surface area contributed by atoms with Crippen LogP contribution < -0.4 is 16.6 Å². The molecule has 7 heteroatoms. The number of aromatic nitrogens is 2. The van der Waals surface area contributed by atoms with Crippen LogP contribution in [0.5, 0.6) is 0 Å². The Morgan fingerprint density at radius 1 is 1.20 bits per heavy atom. The van der Waals surface area contributed by atoms with Crippen LogP contribution in [0.1, 0.15) is 22.8 Å². The van der Waals surface area contributed by atoms with Gasteiger partial charge in [0, 0.05) is 22.8 Å². The zero-order valence-electron chi connectivity index (χ0n) is 13.7. The minimum absolute atomic E-state index is 0.280. The first kappa shape index (κ1) is 17.0. The van der Waals surface area contributed by atoms with E-state index < -0.39 is 5.69 Å². The lowest BCUT2D eigenvalue weighted by molar-refractivity contribution is 0.102. The second-order valence-electron chi connectivity index (χ2n) is 5.65. The van der Waals surface area contributed by atoms with Crippen LogP contribution in [0, 0.1) is 6.92 Å². The molecule has 1 heterocycles. The summed E-state index contributed by atoms with van der Waals surface area (Å²) in [4.78, 5) is 39.3. The number of fused-ring (bicyclic) bond motifs is 1. The average Bonchev–Trinajstić information content (AvgIpc) is 2.57. The van der Waals surface area contributed by atoms with Gasteiger partial charge in [-0.05, 0) is 55.8 Å². The average molecular weight is 358 g/mol. The molecule has 25 heavy (non-hydrogen) atoms. The van der Waals surface area contributed by atoms with Crippen molar-refractivity contribution >= 4 is 34.1 Å². The lowest BCUT2D eigenvalue weighted by Gasteiger charge is -2.09. The Bertz CT molecular complexity index is 1100.